The van der Waals surface area contributed by atoms with Crippen LogP contribution in [-0.4, -0.2) is 22.1 Å². The summed E-state index contributed by atoms with van der Waals surface area (Å²) in [5.41, 5.74) is 2.82. The van der Waals surface area contributed by atoms with Crippen LogP contribution in [0, 0.1) is 10.1 Å². The summed E-state index contributed by atoms with van der Waals surface area (Å²) in [5, 5.41) is 12.6. The van der Waals surface area contributed by atoms with Crippen molar-refractivity contribution in [1.82, 2.24) is 0 Å². The Hall–Kier alpha value is -3.45. The Morgan fingerprint density at radius 2 is 1.45 bits per heavy atom. The van der Waals surface area contributed by atoms with Gasteiger partial charge in [0.1, 0.15) is 15.8 Å². The van der Waals surface area contributed by atoms with Gasteiger partial charge in [0.25, 0.3) is 5.69 Å². The van der Waals surface area contributed by atoms with E-state index in [0.29, 0.717) is 0 Å². The van der Waals surface area contributed by atoms with E-state index in [1.54, 1.807) is 19.2 Å². The fourth-order valence-electron chi connectivity index (χ4n) is 2.89. The lowest BCUT2D eigenvalue weighted by atomic mass is 10.1. The smallest absolute Gasteiger partial charge is 0.269 e. The molecule has 144 valence electrons. The van der Waals surface area contributed by atoms with E-state index >= 15 is 0 Å². The van der Waals surface area contributed by atoms with E-state index < -0.39 is 11.1 Å². The number of non-ortho nitro benzene ring substituents is 1. The number of nitro groups is 1. The van der Waals surface area contributed by atoms with Gasteiger partial charge in [0.2, 0.25) is 0 Å². The number of nitro benzene ring substituents is 1. The minimum atomic E-state index is -0.468. The number of thioether (sulfide) groups is 1. The minimum absolute atomic E-state index is 0.0468. The molecule has 1 aliphatic rings. The summed E-state index contributed by atoms with van der Waals surface area (Å²) in [6.45, 7) is 0. The normalized spacial score (nSPS) is 16.0. The van der Waals surface area contributed by atoms with Crippen LogP contribution in [0.3, 0.4) is 0 Å². The Balaban J connectivity index is 1.74. The molecule has 6 nitrogen and oxygen atoms in total. The Labute approximate surface area is 172 Å². The van der Waals surface area contributed by atoms with Crippen LogP contribution in [0.2, 0.25) is 0 Å². The largest absolute Gasteiger partial charge is 0.497 e. The topological polar surface area (TPSA) is 77.1 Å². The molecule has 0 saturated heterocycles. The predicted octanol–water partition coefficient (Wildman–Crippen LogP) is 5.24. The van der Waals surface area contributed by atoms with Crippen LogP contribution in [0.25, 0.3) is 0 Å². The highest BCUT2D eigenvalue weighted by atomic mass is 32.2. The Bertz CT molecular complexity index is 1080. The van der Waals surface area contributed by atoms with Gasteiger partial charge in [-0.25, -0.2) is 9.98 Å². The van der Waals surface area contributed by atoms with Crippen molar-refractivity contribution < 1.29 is 9.66 Å². The van der Waals surface area contributed by atoms with Gasteiger partial charge in [0.05, 0.1) is 12.0 Å². The number of ether oxygens (including phenoxy) is 1. The molecule has 3 aromatic rings. The molecule has 0 saturated carbocycles. The van der Waals surface area contributed by atoms with Gasteiger partial charge in [-0.3, -0.25) is 10.1 Å². The number of hydrogen-bond donors (Lipinski definition) is 0. The van der Waals surface area contributed by atoms with Crippen molar-refractivity contribution in [3.8, 4) is 5.75 Å². The first kappa shape index (κ1) is 18.9. The molecule has 0 N–H and O–H groups in total. The van der Waals surface area contributed by atoms with Gasteiger partial charge in [-0.15, -0.1) is 0 Å². The Kier molecular flexibility index (Phi) is 5.39. The van der Waals surface area contributed by atoms with Gasteiger partial charge < -0.3 is 4.74 Å². The number of methoxy groups -OCH3 is 1. The Morgan fingerprint density at radius 3 is 2.00 bits per heavy atom. The third-order valence-corrected chi connectivity index (χ3v) is 5.50. The summed E-state index contributed by atoms with van der Waals surface area (Å²) >= 11 is 1.51. The van der Waals surface area contributed by atoms with Crippen LogP contribution >= 0.6 is 11.8 Å². The van der Waals surface area contributed by atoms with Gasteiger partial charge in [-0.1, -0.05) is 30.3 Å². The SMILES string of the molecule is COc1ccc(C2=N[C@@H](c3ccc([N+](=O)[O-])cc3)N=C(c3ccccc3)S2)cc1. The van der Waals surface area contributed by atoms with Crippen LogP contribution in [0.15, 0.2) is 88.8 Å². The van der Waals surface area contributed by atoms with Crippen LogP contribution < -0.4 is 4.74 Å². The number of nitrogens with zero attached hydrogens (tertiary/aromatic N) is 3. The highest BCUT2D eigenvalue weighted by Crippen LogP contribution is 2.33. The standard InChI is InChI=1S/C22H17N3O3S/c1-28-19-13-9-17(10-14-19)22-24-20(15-7-11-18(12-8-15)25(26)27)23-21(29-22)16-5-3-2-4-6-16/h2-14,20H,1H3/t20-/m0/s1. The molecular formula is C22H17N3O3S. The lowest BCUT2D eigenvalue weighted by molar-refractivity contribution is -0.384. The van der Waals surface area contributed by atoms with E-state index in [2.05, 4.69) is 0 Å². The van der Waals surface area contributed by atoms with Gasteiger partial charge in [0, 0.05) is 23.3 Å². The lowest BCUT2D eigenvalue weighted by Gasteiger charge is -2.20. The molecule has 0 fully saturated rings. The zero-order valence-electron chi connectivity index (χ0n) is 15.6. The summed E-state index contributed by atoms with van der Waals surface area (Å²) in [6, 6.07) is 24.0. The molecule has 0 aliphatic carbocycles. The molecule has 7 heteroatoms. The van der Waals surface area contributed by atoms with E-state index in [1.807, 2.05) is 54.6 Å². The molecule has 0 bridgehead atoms. The van der Waals surface area contributed by atoms with Gasteiger partial charge in [0.15, 0.2) is 6.17 Å². The van der Waals surface area contributed by atoms with Gasteiger partial charge >= 0.3 is 0 Å². The molecule has 0 radical (unpaired) electrons. The third-order valence-electron chi connectivity index (χ3n) is 4.43. The third kappa shape index (κ3) is 4.20. The van der Waals surface area contributed by atoms with Crippen molar-refractivity contribution in [3.05, 3.63) is 106 Å². The van der Waals surface area contributed by atoms with Gasteiger partial charge in [-0.05, 0) is 53.7 Å². The molecule has 1 heterocycles. The summed E-state index contributed by atoms with van der Waals surface area (Å²) in [6.07, 6.45) is -0.468. The highest BCUT2D eigenvalue weighted by molar-refractivity contribution is 8.27. The fraction of sp³-hybridized carbons (Fsp3) is 0.0909. The second-order valence-electron chi connectivity index (χ2n) is 6.29. The maximum Gasteiger partial charge on any atom is 0.269 e. The number of rotatable bonds is 5. The molecule has 0 unspecified atom stereocenters. The molecule has 1 atom stereocenters. The molecule has 0 amide bonds. The van der Waals surface area contributed by atoms with E-state index in [4.69, 9.17) is 14.7 Å². The second kappa shape index (κ2) is 8.28. The lowest BCUT2D eigenvalue weighted by Crippen LogP contribution is -2.12. The van der Waals surface area contributed by atoms with Crippen LogP contribution in [-0.2, 0) is 0 Å². The zero-order valence-corrected chi connectivity index (χ0v) is 16.4. The maximum absolute atomic E-state index is 11.0. The van der Waals surface area contributed by atoms with Crippen molar-refractivity contribution >= 4 is 27.5 Å². The highest BCUT2D eigenvalue weighted by Gasteiger charge is 2.22. The maximum atomic E-state index is 11.0. The molecule has 4 rings (SSSR count). The first-order valence-corrected chi connectivity index (χ1v) is 9.73. The van der Waals surface area contributed by atoms with E-state index in [-0.39, 0.29) is 5.69 Å². The molecular weight excluding hydrogens is 386 g/mol. The number of hydrogen-bond acceptors (Lipinski definition) is 6. The van der Waals surface area contributed by atoms with Crippen LogP contribution in [0.5, 0.6) is 5.75 Å². The first-order chi connectivity index (χ1) is 14.1. The average Bonchev–Trinajstić information content (AvgIpc) is 2.79. The van der Waals surface area contributed by atoms with Gasteiger partial charge in [-0.2, -0.15) is 0 Å². The summed E-state index contributed by atoms with van der Waals surface area (Å²) in [4.78, 5) is 20.2. The van der Waals surface area contributed by atoms with Crippen molar-refractivity contribution in [3.63, 3.8) is 0 Å². The molecule has 0 spiro atoms. The van der Waals surface area contributed by atoms with Crippen molar-refractivity contribution in [2.24, 2.45) is 9.98 Å². The average molecular weight is 403 g/mol. The second-order valence-corrected chi connectivity index (χ2v) is 7.26. The molecule has 0 aromatic heterocycles. The van der Waals surface area contributed by atoms with Crippen LogP contribution in [0.4, 0.5) is 5.69 Å². The van der Waals surface area contributed by atoms with Crippen LogP contribution in [0.1, 0.15) is 22.9 Å². The zero-order chi connectivity index (χ0) is 20.2. The summed E-state index contributed by atoms with van der Waals surface area (Å²) in [7, 11) is 1.63. The van der Waals surface area contributed by atoms with E-state index in [0.717, 1.165) is 32.5 Å². The Morgan fingerprint density at radius 1 is 0.862 bits per heavy atom. The summed E-state index contributed by atoms with van der Waals surface area (Å²) in [5.74, 6) is 0.777. The molecule has 3 aromatic carbocycles. The number of benzene rings is 3. The molecule has 29 heavy (non-hydrogen) atoms. The van der Waals surface area contributed by atoms with Crippen molar-refractivity contribution in [1.29, 1.82) is 0 Å². The quantitative estimate of drug-likeness (QED) is 0.431. The van der Waals surface area contributed by atoms with E-state index in [1.165, 1.54) is 23.9 Å². The monoisotopic (exact) mass is 403 g/mol. The summed E-state index contributed by atoms with van der Waals surface area (Å²) < 4.78 is 5.24. The van der Waals surface area contributed by atoms with E-state index in [9.17, 15) is 10.1 Å². The molecule has 1 aliphatic heterocycles. The number of aliphatic imine (C=N–C) groups is 2. The first-order valence-electron chi connectivity index (χ1n) is 8.92. The van der Waals surface area contributed by atoms with Crippen molar-refractivity contribution in [2.75, 3.05) is 7.11 Å². The fourth-order valence-corrected chi connectivity index (χ4v) is 3.89. The predicted molar refractivity (Wildman–Crippen MR) is 116 cm³/mol. The minimum Gasteiger partial charge on any atom is -0.497 e. The van der Waals surface area contributed by atoms with Crippen molar-refractivity contribution in [2.45, 2.75) is 6.17 Å².